The third-order valence-corrected chi connectivity index (χ3v) is 4.59. The molecule has 148 valence electrons. The van der Waals surface area contributed by atoms with Gasteiger partial charge in [-0.05, 0) is 42.2 Å². The first-order valence-electron chi connectivity index (χ1n) is 9.17. The third-order valence-electron chi connectivity index (χ3n) is 4.59. The summed E-state index contributed by atoms with van der Waals surface area (Å²) in [6.45, 7) is 2.02. The number of nitro groups is 1. The molecule has 0 fully saturated rings. The van der Waals surface area contributed by atoms with Crippen LogP contribution in [0.1, 0.15) is 29.7 Å². The number of amides is 1. The van der Waals surface area contributed by atoms with Crippen molar-refractivity contribution in [1.82, 2.24) is 5.32 Å². The number of carbonyl (C=O) groups is 1. The molecule has 1 aromatic heterocycles. The lowest BCUT2D eigenvalue weighted by atomic mass is 10.1. The van der Waals surface area contributed by atoms with Crippen LogP contribution in [0.2, 0.25) is 0 Å². The van der Waals surface area contributed by atoms with E-state index >= 15 is 0 Å². The average Bonchev–Trinajstić information content (AvgIpc) is 2.70. The number of nitro benzene ring substituents is 1. The number of nitrogens with one attached hydrogen (secondary N) is 1. The maximum Gasteiger partial charge on any atom is 0.286 e. The number of carbonyl (C=O) groups excluding carboxylic acids is 1. The molecule has 0 aliphatic rings. The quantitative estimate of drug-likeness (QED) is 0.379. The highest BCUT2D eigenvalue weighted by Crippen LogP contribution is 2.15. The summed E-state index contributed by atoms with van der Waals surface area (Å²) in [5.41, 5.74) is 2.91. The zero-order chi connectivity index (χ0) is 20.8. The first-order valence-corrected chi connectivity index (χ1v) is 9.17. The minimum absolute atomic E-state index is 0.0699. The van der Waals surface area contributed by atoms with Gasteiger partial charge in [0.05, 0.1) is 11.0 Å². The number of rotatable bonds is 7. The van der Waals surface area contributed by atoms with Crippen LogP contribution < -0.4 is 9.88 Å². The van der Waals surface area contributed by atoms with E-state index in [0.29, 0.717) is 6.42 Å². The van der Waals surface area contributed by atoms with Crippen LogP contribution >= 0.6 is 0 Å². The maximum absolute atomic E-state index is 13.0. The molecule has 0 saturated heterocycles. The second-order valence-electron chi connectivity index (χ2n) is 6.82. The van der Waals surface area contributed by atoms with Gasteiger partial charge in [-0.3, -0.25) is 14.9 Å². The lowest BCUT2D eigenvalue weighted by Gasteiger charge is -2.13. The summed E-state index contributed by atoms with van der Waals surface area (Å²) in [7, 11) is 0. The van der Waals surface area contributed by atoms with Crippen molar-refractivity contribution in [2.75, 3.05) is 0 Å². The fraction of sp³-hybridized carbons (Fsp3) is 0.182. The Kier molecular flexibility index (Phi) is 6.29. The van der Waals surface area contributed by atoms with Gasteiger partial charge in [0.2, 0.25) is 6.54 Å². The summed E-state index contributed by atoms with van der Waals surface area (Å²) in [4.78, 5) is 22.6. The second kappa shape index (κ2) is 9.05. The first-order chi connectivity index (χ1) is 13.9. The normalized spacial score (nSPS) is 11.7. The van der Waals surface area contributed by atoms with Crippen molar-refractivity contribution in [2.45, 2.75) is 25.9 Å². The zero-order valence-corrected chi connectivity index (χ0v) is 15.9. The maximum atomic E-state index is 13.0. The van der Waals surface area contributed by atoms with E-state index in [1.54, 1.807) is 28.8 Å². The van der Waals surface area contributed by atoms with Gasteiger partial charge in [0.25, 0.3) is 11.6 Å². The van der Waals surface area contributed by atoms with Crippen LogP contribution in [0.3, 0.4) is 0 Å². The van der Waals surface area contributed by atoms with E-state index < -0.39 is 4.92 Å². The number of non-ortho nitro benzene ring substituents is 1. The Balaban J connectivity index is 1.54. The molecule has 0 spiro atoms. The van der Waals surface area contributed by atoms with E-state index in [1.165, 1.54) is 24.3 Å². The standard InChI is InChI=1S/C22H20FN3O3/c1-16(19-4-6-20(23)7-5-19)24-22(27)15-25-12-10-18(11-13-25)14-17-2-8-21(9-3-17)26(28)29/h2-13,16H,14-15H2,1H3/p+1. The van der Waals surface area contributed by atoms with Crippen molar-refractivity contribution in [3.05, 3.63) is 106 Å². The molecule has 0 aliphatic carbocycles. The molecule has 3 rings (SSSR count). The predicted molar refractivity (Wildman–Crippen MR) is 105 cm³/mol. The molecule has 0 radical (unpaired) electrons. The van der Waals surface area contributed by atoms with Crippen LogP contribution in [0.15, 0.2) is 73.1 Å². The Hall–Kier alpha value is -3.61. The highest BCUT2D eigenvalue weighted by Gasteiger charge is 2.14. The van der Waals surface area contributed by atoms with Gasteiger partial charge in [-0.1, -0.05) is 24.3 Å². The molecule has 0 saturated carbocycles. The molecular weight excluding hydrogens is 373 g/mol. The van der Waals surface area contributed by atoms with Gasteiger partial charge in [-0.15, -0.1) is 0 Å². The molecule has 1 atom stereocenters. The fourth-order valence-corrected chi connectivity index (χ4v) is 2.97. The highest BCUT2D eigenvalue weighted by molar-refractivity contribution is 5.74. The molecule has 3 aromatic rings. The van der Waals surface area contributed by atoms with Crippen molar-refractivity contribution in [3.63, 3.8) is 0 Å². The Morgan fingerprint density at radius 2 is 1.62 bits per heavy atom. The summed E-state index contributed by atoms with van der Waals surface area (Å²) < 4.78 is 14.8. The lowest BCUT2D eigenvalue weighted by Crippen LogP contribution is -2.43. The van der Waals surface area contributed by atoms with Gasteiger partial charge in [-0.25, -0.2) is 4.39 Å². The summed E-state index contributed by atoms with van der Waals surface area (Å²) in [5, 5.41) is 13.6. The number of benzene rings is 2. The smallest absolute Gasteiger partial charge is 0.286 e. The topological polar surface area (TPSA) is 76.1 Å². The van der Waals surface area contributed by atoms with Crippen molar-refractivity contribution in [1.29, 1.82) is 0 Å². The van der Waals surface area contributed by atoms with Gasteiger partial charge < -0.3 is 5.32 Å². The highest BCUT2D eigenvalue weighted by atomic mass is 19.1. The minimum atomic E-state index is -0.419. The van der Waals surface area contributed by atoms with E-state index in [1.807, 2.05) is 31.5 Å². The van der Waals surface area contributed by atoms with Crippen LogP contribution in [-0.2, 0) is 17.8 Å². The number of nitrogens with zero attached hydrogens (tertiary/aromatic N) is 2. The van der Waals surface area contributed by atoms with Gasteiger partial charge >= 0.3 is 0 Å². The van der Waals surface area contributed by atoms with Crippen LogP contribution in [0, 0.1) is 15.9 Å². The molecular formula is C22H21FN3O3+. The van der Waals surface area contributed by atoms with Crippen LogP contribution in [-0.4, -0.2) is 10.8 Å². The van der Waals surface area contributed by atoms with Crippen LogP contribution in [0.5, 0.6) is 0 Å². The Morgan fingerprint density at radius 1 is 1.03 bits per heavy atom. The van der Waals surface area contributed by atoms with E-state index in [4.69, 9.17) is 0 Å². The molecule has 0 aliphatic heterocycles. The second-order valence-corrected chi connectivity index (χ2v) is 6.82. The SMILES string of the molecule is CC(NC(=O)C[n+]1ccc(Cc2ccc([N+](=O)[O-])cc2)cc1)c1ccc(F)cc1. The monoisotopic (exact) mass is 394 g/mol. The predicted octanol–water partition coefficient (Wildman–Crippen LogP) is 3.49. The molecule has 0 bridgehead atoms. The molecule has 1 amide bonds. The van der Waals surface area contributed by atoms with Crippen molar-refractivity contribution in [3.8, 4) is 0 Å². The van der Waals surface area contributed by atoms with Crippen LogP contribution in [0.25, 0.3) is 0 Å². The number of aromatic nitrogens is 1. The Morgan fingerprint density at radius 3 is 2.21 bits per heavy atom. The summed E-state index contributed by atoms with van der Waals surface area (Å²) in [6, 6.07) is 16.1. The van der Waals surface area contributed by atoms with E-state index in [-0.39, 0.29) is 30.0 Å². The minimum Gasteiger partial charge on any atom is -0.344 e. The first kappa shape index (κ1) is 20.1. The summed E-state index contributed by atoms with van der Waals surface area (Å²) in [6.07, 6.45) is 4.29. The van der Waals surface area contributed by atoms with Crippen molar-refractivity contribution >= 4 is 11.6 Å². The molecule has 29 heavy (non-hydrogen) atoms. The van der Waals surface area contributed by atoms with Crippen molar-refractivity contribution in [2.24, 2.45) is 0 Å². The fourth-order valence-electron chi connectivity index (χ4n) is 2.97. The largest absolute Gasteiger partial charge is 0.344 e. The molecule has 2 aromatic carbocycles. The van der Waals surface area contributed by atoms with Gasteiger partial charge in [0.15, 0.2) is 12.4 Å². The lowest BCUT2D eigenvalue weighted by molar-refractivity contribution is -0.684. The molecule has 1 heterocycles. The van der Waals surface area contributed by atoms with E-state index in [2.05, 4.69) is 5.32 Å². The van der Waals surface area contributed by atoms with E-state index in [0.717, 1.165) is 16.7 Å². The van der Waals surface area contributed by atoms with E-state index in [9.17, 15) is 19.3 Å². The summed E-state index contributed by atoms with van der Waals surface area (Å²) in [5.74, 6) is -0.452. The van der Waals surface area contributed by atoms with Gasteiger partial charge in [-0.2, -0.15) is 4.57 Å². The number of pyridine rings is 1. The number of hydrogen-bond donors (Lipinski definition) is 1. The number of hydrogen-bond acceptors (Lipinski definition) is 3. The Bertz CT molecular complexity index is 987. The van der Waals surface area contributed by atoms with Gasteiger partial charge in [0, 0.05) is 24.3 Å². The van der Waals surface area contributed by atoms with Crippen molar-refractivity contribution < 1.29 is 18.7 Å². The third kappa shape index (κ3) is 5.68. The number of halogens is 1. The summed E-state index contributed by atoms with van der Waals surface area (Å²) >= 11 is 0. The zero-order valence-electron chi connectivity index (χ0n) is 15.9. The molecule has 6 nitrogen and oxygen atoms in total. The molecule has 7 heteroatoms. The van der Waals surface area contributed by atoms with Gasteiger partial charge in [0.1, 0.15) is 5.82 Å². The molecule has 1 N–H and O–H groups in total. The molecule has 1 unspecified atom stereocenters. The average molecular weight is 394 g/mol. The van der Waals surface area contributed by atoms with Crippen LogP contribution in [0.4, 0.5) is 10.1 Å². The Labute approximate surface area is 167 Å².